The minimum absolute atomic E-state index is 0.128. The molecule has 2 aromatic heterocycles. The van der Waals surface area contributed by atoms with Gasteiger partial charge in [0.05, 0.1) is 12.2 Å². The first-order valence-electron chi connectivity index (χ1n) is 7.94. The summed E-state index contributed by atoms with van der Waals surface area (Å²) in [6.07, 6.45) is 0. The lowest BCUT2D eigenvalue weighted by molar-refractivity contribution is 0.0708. The number of carbonyl (C=O) groups is 1. The molecule has 3 aromatic rings. The van der Waals surface area contributed by atoms with E-state index in [1.54, 1.807) is 16.2 Å². The number of hydrogen-bond acceptors (Lipinski definition) is 5. The lowest BCUT2D eigenvalue weighted by Crippen LogP contribution is -2.38. The summed E-state index contributed by atoms with van der Waals surface area (Å²) in [5.74, 6) is 1.01. The molecule has 128 valence electrons. The molecule has 0 saturated carbocycles. The molecule has 1 aliphatic heterocycles. The van der Waals surface area contributed by atoms with Crippen LogP contribution >= 0.6 is 11.3 Å². The van der Waals surface area contributed by atoms with E-state index in [0.717, 1.165) is 27.2 Å². The molecule has 1 aromatic carbocycles. The molecule has 1 aliphatic rings. The van der Waals surface area contributed by atoms with Gasteiger partial charge in [0.2, 0.25) is 0 Å². The standard InChI is InChI=1S/C17H16FN5OS/c1-10-11(2)25-16(19-10)15-21-20-14-9-22(7-8-23(14)15)17(24)12-3-5-13(18)6-4-12/h3-6H,7-9H2,1-2H3. The number of aromatic nitrogens is 4. The van der Waals surface area contributed by atoms with Gasteiger partial charge >= 0.3 is 0 Å². The fourth-order valence-corrected chi connectivity index (χ4v) is 3.74. The maximum Gasteiger partial charge on any atom is 0.254 e. The van der Waals surface area contributed by atoms with Crippen LogP contribution in [-0.2, 0) is 13.1 Å². The summed E-state index contributed by atoms with van der Waals surface area (Å²) < 4.78 is 15.1. The smallest absolute Gasteiger partial charge is 0.254 e. The van der Waals surface area contributed by atoms with Crippen LogP contribution in [0.15, 0.2) is 24.3 Å². The lowest BCUT2D eigenvalue weighted by Gasteiger charge is -2.27. The molecule has 4 rings (SSSR count). The third-order valence-electron chi connectivity index (χ3n) is 4.35. The van der Waals surface area contributed by atoms with Gasteiger partial charge < -0.3 is 9.47 Å². The number of rotatable bonds is 2. The van der Waals surface area contributed by atoms with Crippen LogP contribution in [0.1, 0.15) is 26.8 Å². The Morgan fingerprint density at radius 2 is 1.92 bits per heavy atom. The monoisotopic (exact) mass is 357 g/mol. The van der Waals surface area contributed by atoms with Crippen LogP contribution in [0.25, 0.3) is 10.8 Å². The molecule has 25 heavy (non-hydrogen) atoms. The van der Waals surface area contributed by atoms with Crippen LogP contribution < -0.4 is 0 Å². The van der Waals surface area contributed by atoms with E-state index in [1.165, 1.54) is 24.3 Å². The minimum atomic E-state index is -0.353. The molecule has 6 nitrogen and oxygen atoms in total. The topological polar surface area (TPSA) is 63.9 Å². The first-order chi connectivity index (χ1) is 12.0. The summed E-state index contributed by atoms with van der Waals surface area (Å²) >= 11 is 1.60. The minimum Gasteiger partial charge on any atom is -0.329 e. The number of halogens is 1. The van der Waals surface area contributed by atoms with E-state index in [-0.39, 0.29) is 11.7 Å². The fraction of sp³-hybridized carbons (Fsp3) is 0.294. The Hall–Kier alpha value is -2.61. The highest BCUT2D eigenvalue weighted by Crippen LogP contribution is 2.28. The number of benzene rings is 1. The van der Waals surface area contributed by atoms with Gasteiger partial charge in [-0.15, -0.1) is 21.5 Å². The third kappa shape index (κ3) is 2.82. The maximum absolute atomic E-state index is 13.0. The summed E-state index contributed by atoms with van der Waals surface area (Å²) in [4.78, 5) is 20.0. The Balaban J connectivity index is 1.58. The van der Waals surface area contributed by atoms with Gasteiger partial charge in [0.25, 0.3) is 5.91 Å². The van der Waals surface area contributed by atoms with Crippen LogP contribution in [0.2, 0.25) is 0 Å². The van der Waals surface area contributed by atoms with Gasteiger partial charge in [-0.05, 0) is 38.1 Å². The predicted molar refractivity (Wildman–Crippen MR) is 91.7 cm³/mol. The van der Waals surface area contributed by atoms with Gasteiger partial charge in [-0.3, -0.25) is 4.79 Å². The largest absolute Gasteiger partial charge is 0.329 e. The number of amides is 1. The third-order valence-corrected chi connectivity index (χ3v) is 5.42. The predicted octanol–water partition coefficient (Wildman–Crippen LogP) is 2.81. The second-order valence-electron chi connectivity index (χ2n) is 5.99. The zero-order valence-electron chi connectivity index (χ0n) is 13.9. The SMILES string of the molecule is Cc1nc(-c2nnc3n2CCN(C(=O)c2ccc(F)cc2)C3)sc1C. The zero-order valence-corrected chi connectivity index (χ0v) is 14.7. The number of hydrogen-bond donors (Lipinski definition) is 0. The molecular weight excluding hydrogens is 341 g/mol. The van der Waals surface area contributed by atoms with Gasteiger partial charge in [-0.25, -0.2) is 9.37 Å². The molecule has 0 N–H and O–H groups in total. The number of carbonyl (C=O) groups excluding carboxylic acids is 1. The number of fused-ring (bicyclic) bond motifs is 1. The van der Waals surface area contributed by atoms with Crippen molar-refractivity contribution in [2.75, 3.05) is 6.54 Å². The Bertz CT molecular complexity index is 927. The van der Waals surface area contributed by atoms with Crippen LogP contribution in [0, 0.1) is 19.7 Å². The van der Waals surface area contributed by atoms with Crippen LogP contribution in [0.3, 0.4) is 0 Å². The summed E-state index contributed by atoms with van der Waals surface area (Å²) in [7, 11) is 0. The van der Waals surface area contributed by atoms with E-state index >= 15 is 0 Å². The molecule has 3 heterocycles. The average molecular weight is 357 g/mol. The summed E-state index contributed by atoms with van der Waals surface area (Å²) in [5, 5.41) is 9.37. The van der Waals surface area contributed by atoms with Crippen LogP contribution in [0.4, 0.5) is 4.39 Å². The lowest BCUT2D eigenvalue weighted by atomic mass is 10.2. The molecular formula is C17H16FN5OS. The molecule has 8 heteroatoms. The van der Waals surface area contributed by atoms with Gasteiger partial charge in [0.15, 0.2) is 16.7 Å². The van der Waals surface area contributed by atoms with E-state index in [2.05, 4.69) is 15.2 Å². The molecule has 0 atom stereocenters. The molecule has 0 radical (unpaired) electrons. The Labute approximate surface area is 148 Å². The van der Waals surface area contributed by atoms with Crippen LogP contribution in [0.5, 0.6) is 0 Å². The number of thiazole rings is 1. The molecule has 0 saturated heterocycles. The average Bonchev–Trinajstić information content (AvgIpc) is 3.17. The molecule has 0 aliphatic carbocycles. The Morgan fingerprint density at radius 3 is 2.60 bits per heavy atom. The van der Waals surface area contributed by atoms with Crippen molar-refractivity contribution in [1.82, 2.24) is 24.6 Å². The zero-order chi connectivity index (χ0) is 17.6. The van der Waals surface area contributed by atoms with Crippen molar-refractivity contribution < 1.29 is 9.18 Å². The molecule has 0 fully saturated rings. The first kappa shape index (κ1) is 15.9. The van der Waals surface area contributed by atoms with E-state index < -0.39 is 0 Å². The summed E-state index contributed by atoms with van der Waals surface area (Å²) in [6, 6.07) is 5.60. The van der Waals surface area contributed by atoms with E-state index in [9.17, 15) is 9.18 Å². The molecule has 0 unspecified atom stereocenters. The second kappa shape index (κ2) is 6.03. The van der Waals surface area contributed by atoms with Crippen molar-refractivity contribution in [1.29, 1.82) is 0 Å². The number of nitrogens with zero attached hydrogens (tertiary/aromatic N) is 5. The van der Waals surface area contributed by atoms with Gasteiger partial charge in [0.1, 0.15) is 5.82 Å². The van der Waals surface area contributed by atoms with Crippen molar-refractivity contribution in [3.63, 3.8) is 0 Å². The first-order valence-corrected chi connectivity index (χ1v) is 8.76. The van der Waals surface area contributed by atoms with Gasteiger partial charge in [-0.2, -0.15) is 0 Å². The van der Waals surface area contributed by atoms with Crippen molar-refractivity contribution >= 4 is 17.2 Å². The van der Waals surface area contributed by atoms with Crippen molar-refractivity contribution in [2.24, 2.45) is 0 Å². The highest BCUT2D eigenvalue weighted by Gasteiger charge is 2.26. The summed E-state index contributed by atoms with van der Waals surface area (Å²) in [5.41, 5.74) is 1.47. The van der Waals surface area contributed by atoms with E-state index in [4.69, 9.17) is 0 Å². The van der Waals surface area contributed by atoms with E-state index in [0.29, 0.717) is 25.2 Å². The van der Waals surface area contributed by atoms with Crippen molar-refractivity contribution in [2.45, 2.75) is 26.9 Å². The van der Waals surface area contributed by atoms with Crippen molar-refractivity contribution in [3.05, 3.63) is 52.0 Å². The maximum atomic E-state index is 13.0. The van der Waals surface area contributed by atoms with E-state index in [1.807, 2.05) is 18.4 Å². The summed E-state index contributed by atoms with van der Waals surface area (Å²) in [6.45, 7) is 5.56. The van der Waals surface area contributed by atoms with Gasteiger partial charge in [-0.1, -0.05) is 0 Å². The highest BCUT2D eigenvalue weighted by atomic mass is 32.1. The van der Waals surface area contributed by atoms with Gasteiger partial charge in [0, 0.05) is 23.5 Å². The van der Waals surface area contributed by atoms with Crippen molar-refractivity contribution in [3.8, 4) is 10.8 Å². The quantitative estimate of drug-likeness (QED) is 0.707. The molecule has 0 spiro atoms. The second-order valence-corrected chi connectivity index (χ2v) is 7.19. The molecule has 0 bridgehead atoms. The molecule has 1 amide bonds. The Kier molecular flexibility index (Phi) is 3.84. The number of aryl methyl sites for hydroxylation is 2. The fourth-order valence-electron chi connectivity index (χ4n) is 2.83. The highest BCUT2D eigenvalue weighted by molar-refractivity contribution is 7.15. The van der Waals surface area contributed by atoms with Crippen LogP contribution in [-0.4, -0.2) is 37.1 Å². The normalized spacial score (nSPS) is 13.8. The Morgan fingerprint density at radius 1 is 1.16 bits per heavy atom.